The van der Waals surface area contributed by atoms with Crippen molar-refractivity contribution in [2.45, 2.75) is 38.1 Å². The predicted octanol–water partition coefficient (Wildman–Crippen LogP) is 1.23. The van der Waals surface area contributed by atoms with Crippen molar-refractivity contribution in [1.82, 2.24) is 10.1 Å². The first-order valence-electron chi connectivity index (χ1n) is 5.75. The lowest BCUT2D eigenvalue weighted by molar-refractivity contribution is 0.194. The Balaban J connectivity index is 1.96. The minimum absolute atomic E-state index is 0.452. The Bertz CT molecular complexity index is 345. The fourth-order valence-corrected chi connectivity index (χ4v) is 1.81. The van der Waals surface area contributed by atoms with Crippen LogP contribution in [-0.4, -0.2) is 23.9 Å². The van der Waals surface area contributed by atoms with E-state index in [0.29, 0.717) is 18.4 Å². The number of methoxy groups -OCH3 is 1. The smallest absolute Gasteiger partial charge is 0.246 e. The largest absolute Gasteiger partial charge is 0.385 e. The molecule has 1 aromatic rings. The first-order chi connectivity index (χ1) is 7.64. The highest BCUT2D eigenvalue weighted by Gasteiger charge is 2.43. The molecule has 0 aliphatic heterocycles. The average molecular weight is 225 g/mol. The molecule has 0 bridgehead atoms. The molecule has 1 aliphatic carbocycles. The Morgan fingerprint density at radius 2 is 2.31 bits per heavy atom. The summed E-state index contributed by atoms with van der Waals surface area (Å²) in [6.45, 7) is 2.68. The van der Waals surface area contributed by atoms with E-state index in [1.54, 1.807) is 7.11 Å². The molecular weight excluding hydrogens is 206 g/mol. The maximum atomic E-state index is 6.19. The number of nitrogens with two attached hydrogens (primary N) is 1. The highest BCUT2D eigenvalue weighted by molar-refractivity contribution is 5.07. The van der Waals surface area contributed by atoms with Crippen LogP contribution in [0, 0.1) is 5.92 Å². The normalized spacial score (nSPS) is 19.7. The van der Waals surface area contributed by atoms with Gasteiger partial charge in [0.25, 0.3) is 0 Å². The van der Waals surface area contributed by atoms with Gasteiger partial charge in [-0.1, -0.05) is 5.16 Å². The fraction of sp³-hybridized carbons (Fsp3) is 0.818. The van der Waals surface area contributed by atoms with Crippen LogP contribution in [0.4, 0.5) is 0 Å². The van der Waals surface area contributed by atoms with Crippen molar-refractivity contribution >= 4 is 0 Å². The first-order valence-corrected chi connectivity index (χ1v) is 5.75. The van der Waals surface area contributed by atoms with Crippen LogP contribution in [0.2, 0.25) is 0 Å². The zero-order valence-corrected chi connectivity index (χ0v) is 9.90. The minimum Gasteiger partial charge on any atom is -0.385 e. The van der Waals surface area contributed by atoms with Gasteiger partial charge in [-0.15, -0.1) is 0 Å². The lowest BCUT2D eigenvalue weighted by Gasteiger charge is -2.18. The Kier molecular flexibility index (Phi) is 3.25. The fourth-order valence-electron chi connectivity index (χ4n) is 1.81. The molecular formula is C11H19N3O2. The van der Waals surface area contributed by atoms with Crippen LogP contribution in [0.25, 0.3) is 0 Å². The summed E-state index contributed by atoms with van der Waals surface area (Å²) in [7, 11) is 1.69. The Hall–Kier alpha value is -0.940. The molecule has 90 valence electrons. The molecule has 0 radical (unpaired) electrons. The van der Waals surface area contributed by atoms with Crippen LogP contribution >= 0.6 is 0 Å². The van der Waals surface area contributed by atoms with E-state index in [9.17, 15) is 0 Å². The number of nitrogens with zero attached hydrogens (tertiary/aromatic N) is 2. The average Bonchev–Trinajstić information content (AvgIpc) is 3.00. The van der Waals surface area contributed by atoms with Crippen molar-refractivity contribution < 1.29 is 9.26 Å². The van der Waals surface area contributed by atoms with Crippen LogP contribution in [0.5, 0.6) is 0 Å². The Morgan fingerprint density at radius 3 is 2.94 bits per heavy atom. The predicted molar refractivity (Wildman–Crippen MR) is 58.8 cm³/mol. The molecule has 1 atom stereocenters. The highest BCUT2D eigenvalue weighted by Crippen LogP contribution is 2.43. The van der Waals surface area contributed by atoms with Crippen molar-refractivity contribution in [1.29, 1.82) is 0 Å². The molecule has 5 heteroatoms. The molecule has 0 aromatic carbocycles. The van der Waals surface area contributed by atoms with Crippen LogP contribution in [-0.2, 0) is 16.7 Å². The molecule has 16 heavy (non-hydrogen) atoms. The van der Waals surface area contributed by atoms with Gasteiger partial charge >= 0.3 is 0 Å². The van der Waals surface area contributed by atoms with E-state index in [4.69, 9.17) is 15.0 Å². The van der Waals surface area contributed by atoms with Gasteiger partial charge in [-0.2, -0.15) is 4.98 Å². The zero-order chi connectivity index (χ0) is 11.6. The maximum absolute atomic E-state index is 6.19. The number of ether oxygens (including phenoxy) is 1. The van der Waals surface area contributed by atoms with E-state index in [-0.39, 0.29) is 0 Å². The van der Waals surface area contributed by atoms with Crippen LogP contribution in [0.1, 0.15) is 37.9 Å². The van der Waals surface area contributed by atoms with E-state index >= 15 is 0 Å². The molecule has 0 spiro atoms. The molecule has 0 saturated heterocycles. The molecule has 1 unspecified atom stereocenters. The Labute approximate surface area is 95.3 Å². The summed E-state index contributed by atoms with van der Waals surface area (Å²) < 4.78 is 10.2. The van der Waals surface area contributed by atoms with E-state index in [1.165, 1.54) is 0 Å². The van der Waals surface area contributed by atoms with Gasteiger partial charge in [0, 0.05) is 20.1 Å². The topological polar surface area (TPSA) is 74.2 Å². The molecule has 1 saturated carbocycles. The van der Waals surface area contributed by atoms with Gasteiger partial charge in [-0.05, 0) is 32.1 Å². The molecule has 2 N–H and O–H groups in total. The number of rotatable bonds is 6. The van der Waals surface area contributed by atoms with Crippen molar-refractivity contribution in [3.63, 3.8) is 0 Å². The van der Waals surface area contributed by atoms with Gasteiger partial charge in [0.05, 0.1) is 5.54 Å². The van der Waals surface area contributed by atoms with E-state index in [2.05, 4.69) is 10.1 Å². The van der Waals surface area contributed by atoms with Crippen molar-refractivity contribution in [3.8, 4) is 0 Å². The summed E-state index contributed by atoms with van der Waals surface area (Å²) in [4.78, 5) is 4.36. The number of aromatic nitrogens is 2. The van der Waals surface area contributed by atoms with E-state index in [0.717, 1.165) is 31.5 Å². The number of aryl methyl sites for hydroxylation is 1. The number of hydrogen-bond donors (Lipinski definition) is 1. The van der Waals surface area contributed by atoms with Crippen LogP contribution in [0.3, 0.4) is 0 Å². The SMILES string of the molecule is COCCCc1noc(C(C)(N)C2CC2)n1. The molecule has 0 amide bonds. The summed E-state index contributed by atoms with van der Waals surface area (Å²) in [5.74, 6) is 1.80. The summed E-state index contributed by atoms with van der Waals surface area (Å²) in [5.41, 5.74) is 5.74. The maximum Gasteiger partial charge on any atom is 0.246 e. The third-order valence-corrected chi connectivity index (χ3v) is 3.10. The molecule has 1 heterocycles. The molecule has 1 fully saturated rings. The lowest BCUT2D eigenvalue weighted by atomic mass is 9.97. The summed E-state index contributed by atoms with van der Waals surface area (Å²) in [6.07, 6.45) is 4.00. The van der Waals surface area contributed by atoms with Crippen molar-refractivity contribution in [2.75, 3.05) is 13.7 Å². The van der Waals surface area contributed by atoms with Crippen molar-refractivity contribution in [3.05, 3.63) is 11.7 Å². The van der Waals surface area contributed by atoms with Crippen molar-refractivity contribution in [2.24, 2.45) is 11.7 Å². The zero-order valence-electron chi connectivity index (χ0n) is 9.90. The molecule has 1 aliphatic rings. The number of hydrogen-bond acceptors (Lipinski definition) is 5. The summed E-state index contributed by atoms with van der Waals surface area (Å²) >= 11 is 0. The second kappa shape index (κ2) is 4.51. The standard InChI is InChI=1S/C11H19N3O2/c1-11(12,8-5-6-8)10-13-9(14-16-10)4-3-7-15-2/h8H,3-7,12H2,1-2H3. The van der Waals surface area contributed by atoms with Crippen LogP contribution < -0.4 is 5.73 Å². The quantitative estimate of drug-likeness (QED) is 0.737. The van der Waals surface area contributed by atoms with Gasteiger partial charge in [-0.25, -0.2) is 0 Å². The second-order valence-electron chi connectivity index (χ2n) is 4.67. The minimum atomic E-state index is -0.452. The van der Waals surface area contributed by atoms with Crippen LogP contribution in [0.15, 0.2) is 4.52 Å². The summed E-state index contributed by atoms with van der Waals surface area (Å²) in [5, 5.41) is 3.94. The highest BCUT2D eigenvalue weighted by atomic mass is 16.5. The van der Waals surface area contributed by atoms with Gasteiger partial charge in [0.2, 0.25) is 5.89 Å². The third-order valence-electron chi connectivity index (χ3n) is 3.10. The first kappa shape index (κ1) is 11.5. The van der Waals surface area contributed by atoms with Gasteiger partial charge < -0.3 is 15.0 Å². The molecule has 5 nitrogen and oxygen atoms in total. The molecule has 2 rings (SSSR count). The van der Waals surface area contributed by atoms with Gasteiger partial charge in [-0.3, -0.25) is 0 Å². The lowest BCUT2D eigenvalue weighted by Crippen LogP contribution is -2.35. The third kappa shape index (κ3) is 2.41. The van der Waals surface area contributed by atoms with E-state index in [1.807, 2.05) is 6.92 Å². The monoisotopic (exact) mass is 225 g/mol. The van der Waals surface area contributed by atoms with E-state index < -0.39 is 5.54 Å². The van der Waals surface area contributed by atoms with Gasteiger partial charge in [0.15, 0.2) is 5.82 Å². The van der Waals surface area contributed by atoms with Gasteiger partial charge in [0.1, 0.15) is 0 Å². The second-order valence-corrected chi connectivity index (χ2v) is 4.67. The Morgan fingerprint density at radius 1 is 1.56 bits per heavy atom. The summed E-state index contributed by atoms with van der Waals surface area (Å²) in [6, 6.07) is 0. The molecule has 1 aromatic heterocycles.